The van der Waals surface area contributed by atoms with Crippen molar-refractivity contribution in [2.24, 2.45) is 0 Å². The zero-order valence-electron chi connectivity index (χ0n) is 17.1. The van der Waals surface area contributed by atoms with Crippen molar-refractivity contribution < 1.29 is 23.9 Å². The Morgan fingerprint density at radius 1 is 1.19 bits per heavy atom. The molecule has 12 heteroatoms. The van der Waals surface area contributed by atoms with E-state index in [1.54, 1.807) is 26.2 Å². The highest BCUT2D eigenvalue weighted by Gasteiger charge is 2.21. The largest absolute Gasteiger partial charge is 0.466 e. The Bertz CT molecular complexity index is 1200. The zero-order valence-corrected chi connectivity index (χ0v) is 18.7. The number of carbonyl (C=O) groups is 3. The average molecular weight is 465 g/mol. The summed E-state index contributed by atoms with van der Waals surface area (Å²) in [7, 11) is 0. The molecule has 1 amide bonds. The first-order valence-electron chi connectivity index (χ1n) is 9.39. The number of thiazole rings is 1. The maximum atomic E-state index is 12.9. The first-order chi connectivity index (χ1) is 14.8. The molecule has 0 saturated heterocycles. The van der Waals surface area contributed by atoms with Crippen LogP contribution in [-0.4, -0.2) is 45.6 Å². The van der Waals surface area contributed by atoms with Crippen LogP contribution in [0.25, 0.3) is 10.2 Å². The van der Waals surface area contributed by atoms with Crippen molar-refractivity contribution in [1.82, 2.24) is 14.5 Å². The van der Waals surface area contributed by atoms with Crippen molar-refractivity contribution in [3.8, 4) is 0 Å². The first-order valence-corrected chi connectivity index (χ1v) is 11.1. The number of nitrogens with one attached hydrogen (secondary N) is 1. The molecule has 0 aliphatic rings. The van der Waals surface area contributed by atoms with Gasteiger partial charge in [-0.15, -0.1) is 22.7 Å². The van der Waals surface area contributed by atoms with Crippen molar-refractivity contribution in [2.75, 3.05) is 18.5 Å². The second-order valence-corrected chi connectivity index (χ2v) is 8.17. The molecule has 0 atom stereocenters. The number of aromatic nitrogens is 3. The average Bonchev–Trinajstić information content (AvgIpc) is 3.28. The fraction of sp³-hybridized carbons (Fsp3) is 0.368. The van der Waals surface area contributed by atoms with E-state index in [2.05, 4.69) is 15.3 Å². The Morgan fingerprint density at radius 3 is 2.65 bits per heavy atom. The van der Waals surface area contributed by atoms with Crippen LogP contribution in [0.1, 0.15) is 34.8 Å². The van der Waals surface area contributed by atoms with Crippen LogP contribution in [0, 0.1) is 6.92 Å². The Hall–Kier alpha value is -3.12. The van der Waals surface area contributed by atoms with Crippen molar-refractivity contribution in [1.29, 1.82) is 0 Å². The second kappa shape index (κ2) is 9.79. The third-order valence-corrected chi connectivity index (χ3v) is 6.11. The highest BCUT2D eigenvalue weighted by Crippen LogP contribution is 2.27. The van der Waals surface area contributed by atoms with Crippen molar-refractivity contribution in [3.05, 3.63) is 38.2 Å². The predicted octanol–water partition coefficient (Wildman–Crippen LogP) is 2.14. The van der Waals surface area contributed by atoms with Gasteiger partial charge in [-0.25, -0.2) is 14.8 Å². The summed E-state index contributed by atoms with van der Waals surface area (Å²) < 4.78 is 11.0. The molecule has 3 aromatic heterocycles. The number of anilines is 1. The summed E-state index contributed by atoms with van der Waals surface area (Å²) in [6, 6.07) is 0. The number of fused-ring (bicyclic) bond motifs is 1. The third kappa shape index (κ3) is 5.14. The number of esters is 2. The quantitative estimate of drug-likeness (QED) is 0.502. The maximum absolute atomic E-state index is 12.9. The van der Waals surface area contributed by atoms with Crippen LogP contribution in [0.2, 0.25) is 0 Å². The summed E-state index contributed by atoms with van der Waals surface area (Å²) >= 11 is 2.25. The molecule has 164 valence electrons. The Balaban J connectivity index is 1.74. The first kappa shape index (κ1) is 22.6. The second-order valence-electron chi connectivity index (χ2n) is 6.31. The number of carbonyl (C=O) groups excluding carboxylic acids is 3. The van der Waals surface area contributed by atoms with Crippen LogP contribution >= 0.6 is 22.7 Å². The van der Waals surface area contributed by atoms with E-state index in [0.29, 0.717) is 26.1 Å². The number of ether oxygens (including phenoxy) is 2. The van der Waals surface area contributed by atoms with Crippen LogP contribution in [0.4, 0.5) is 5.13 Å². The molecule has 0 spiro atoms. The van der Waals surface area contributed by atoms with E-state index in [0.717, 1.165) is 11.3 Å². The van der Waals surface area contributed by atoms with Crippen LogP contribution < -0.4 is 10.9 Å². The third-order valence-electron chi connectivity index (χ3n) is 4.12. The molecule has 0 aliphatic carbocycles. The minimum atomic E-state index is -0.505. The molecule has 3 heterocycles. The number of nitrogens with zero attached hydrogens (tertiary/aromatic N) is 3. The molecule has 31 heavy (non-hydrogen) atoms. The van der Waals surface area contributed by atoms with Gasteiger partial charge in [-0.2, -0.15) is 0 Å². The van der Waals surface area contributed by atoms with Crippen LogP contribution in [0.5, 0.6) is 0 Å². The predicted molar refractivity (Wildman–Crippen MR) is 116 cm³/mol. The summed E-state index contributed by atoms with van der Waals surface area (Å²) in [4.78, 5) is 57.9. The SMILES string of the molecule is CCOC(=O)Cc1csc(NC(=O)Cn2cnc3sc(C(=O)OCC)c(C)c3c2=O)n1. The highest BCUT2D eigenvalue weighted by molar-refractivity contribution is 7.20. The maximum Gasteiger partial charge on any atom is 0.348 e. The van der Waals surface area contributed by atoms with Gasteiger partial charge in [0.25, 0.3) is 5.56 Å². The van der Waals surface area contributed by atoms with Crippen LogP contribution in [-0.2, 0) is 32.0 Å². The molecule has 0 saturated carbocycles. The fourth-order valence-corrected chi connectivity index (χ4v) is 4.54. The van der Waals surface area contributed by atoms with E-state index in [1.165, 1.54) is 22.2 Å². The molecule has 1 N–H and O–H groups in total. The molecule has 0 fully saturated rings. The summed E-state index contributed by atoms with van der Waals surface area (Å²) in [6.07, 6.45) is 1.28. The topological polar surface area (TPSA) is 129 Å². The molecule has 3 rings (SSSR count). The van der Waals surface area contributed by atoms with Gasteiger partial charge >= 0.3 is 11.9 Å². The van der Waals surface area contributed by atoms with Crippen molar-refractivity contribution >= 4 is 55.9 Å². The van der Waals surface area contributed by atoms with E-state index in [9.17, 15) is 19.2 Å². The molecule has 0 bridgehead atoms. The monoisotopic (exact) mass is 464 g/mol. The van der Waals surface area contributed by atoms with Crippen LogP contribution in [0.15, 0.2) is 16.5 Å². The Morgan fingerprint density at radius 2 is 1.94 bits per heavy atom. The molecule has 0 unspecified atom stereocenters. The Kier molecular flexibility index (Phi) is 7.13. The number of amides is 1. The molecule has 0 radical (unpaired) electrons. The van der Waals surface area contributed by atoms with Gasteiger partial charge in [0.2, 0.25) is 5.91 Å². The van der Waals surface area contributed by atoms with E-state index >= 15 is 0 Å². The van der Waals surface area contributed by atoms with E-state index in [-0.39, 0.29) is 31.6 Å². The smallest absolute Gasteiger partial charge is 0.348 e. The zero-order chi connectivity index (χ0) is 22.5. The van der Waals surface area contributed by atoms with Gasteiger partial charge in [0.15, 0.2) is 5.13 Å². The summed E-state index contributed by atoms with van der Waals surface area (Å²) in [5.41, 5.74) is 0.542. The molecule has 0 aromatic carbocycles. The van der Waals surface area contributed by atoms with E-state index in [4.69, 9.17) is 9.47 Å². The van der Waals surface area contributed by atoms with Gasteiger partial charge in [0.05, 0.1) is 37.0 Å². The Labute approximate surface area is 184 Å². The van der Waals surface area contributed by atoms with Crippen LogP contribution in [0.3, 0.4) is 0 Å². The van der Waals surface area contributed by atoms with Gasteiger partial charge in [0.1, 0.15) is 16.3 Å². The van der Waals surface area contributed by atoms with E-state index < -0.39 is 23.4 Å². The summed E-state index contributed by atoms with van der Waals surface area (Å²) in [5.74, 6) is -1.38. The normalized spacial score (nSPS) is 10.8. The van der Waals surface area contributed by atoms with Gasteiger partial charge in [-0.3, -0.25) is 19.0 Å². The van der Waals surface area contributed by atoms with Crippen molar-refractivity contribution in [2.45, 2.75) is 33.7 Å². The number of hydrogen-bond acceptors (Lipinski definition) is 10. The lowest BCUT2D eigenvalue weighted by molar-refractivity contribution is -0.142. The molecular formula is C19H20N4O6S2. The number of hydrogen-bond donors (Lipinski definition) is 1. The van der Waals surface area contributed by atoms with Gasteiger partial charge < -0.3 is 14.8 Å². The molecule has 0 aliphatic heterocycles. The number of rotatable bonds is 8. The lowest BCUT2D eigenvalue weighted by atomic mass is 10.2. The lowest BCUT2D eigenvalue weighted by Crippen LogP contribution is -2.27. The minimum absolute atomic E-state index is 0.0144. The number of thiophene rings is 1. The van der Waals surface area contributed by atoms with Gasteiger partial charge in [-0.1, -0.05) is 0 Å². The minimum Gasteiger partial charge on any atom is -0.466 e. The molecule has 10 nitrogen and oxygen atoms in total. The molecule has 3 aromatic rings. The number of aryl methyl sites for hydroxylation is 1. The molecular weight excluding hydrogens is 444 g/mol. The van der Waals surface area contributed by atoms with E-state index in [1.807, 2.05) is 0 Å². The van der Waals surface area contributed by atoms with Gasteiger partial charge in [-0.05, 0) is 26.3 Å². The fourth-order valence-electron chi connectivity index (χ4n) is 2.78. The standard InChI is InChI=1S/C19H20N4O6S2/c1-4-28-13(25)6-11-8-30-19(21-11)22-12(24)7-23-9-20-16-14(17(23)26)10(3)15(31-16)18(27)29-5-2/h8-9H,4-7H2,1-3H3,(H,21,22,24). The highest BCUT2D eigenvalue weighted by atomic mass is 32.1. The summed E-state index contributed by atoms with van der Waals surface area (Å²) in [6.45, 7) is 5.30. The van der Waals surface area contributed by atoms with Gasteiger partial charge in [0, 0.05) is 5.38 Å². The lowest BCUT2D eigenvalue weighted by Gasteiger charge is -2.05. The van der Waals surface area contributed by atoms with Crippen molar-refractivity contribution in [3.63, 3.8) is 0 Å². The summed E-state index contributed by atoms with van der Waals surface area (Å²) in [5, 5.41) is 4.85.